The van der Waals surface area contributed by atoms with Gasteiger partial charge in [-0.15, -0.1) is 0 Å². The van der Waals surface area contributed by atoms with E-state index in [1.807, 2.05) is 13.8 Å². The highest BCUT2D eigenvalue weighted by atomic mass is 28.4. The van der Waals surface area contributed by atoms with Crippen molar-refractivity contribution < 1.29 is 9.53 Å². The molecule has 4 aliphatic rings. The Morgan fingerprint density at radius 1 is 1.06 bits per heavy atom. The third-order valence-electron chi connectivity index (χ3n) is 12.1. The molecular formula is C33H58O2Si. The van der Waals surface area contributed by atoms with E-state index in [0.717, 1.165) is 30.1 Å². The summed E-state index contributed by atoms with van der Waals surface area (Å²) in [6.07, 6.45) is 19.2. The fourth-order valence-corrected chi connectivity index (χ4v) is 10.3. The summed E-state index contributed by atoms with van der Waals surface area (Å²) in [6.45, 7) is 23.5. The maximum absolute atomic E-state index is 10.1. The molecule has 3 heteroatoms. The summed E-state index contributed by atoms with van der Waals surface area (Å²) in [5, 5.41) is 10.4. The Morgan fingerprint density at radius 3 is 2.39 bits per heavy atom. The van der Waals surface area contributed by atoms with E-state index in [-0.39, 0.29) is 5.04 Å². The van der Waals surface area contributed by atoms with Crippen molar-refractivity contribution in [3.05, 3.63) is 23.8 Å². The van der Waals surface area contributed by atoms with Crippen LogP contribution in [0.5, 0.6) is 0 Å². The topological polar surface area (TPSA) is 29.5 Å². The molecule has 0 heterocycles. The Morgan fingerprint density at radius 2 is 1.75 bits per heavy atom. The lowest BCUT2D eigenvalue weighted by atomic mass is 9.47. The molecule has 1 unspecified atom stereocenters. The van der Waals surface area contributed by atoms with Gasteiger partial charge in [0.15, 0.2) is 8.32 Å². The lowest BCUT2D eigenvalue weighted by Crippen LogP contribution is -2.52. The number of hydrogen-bond acceptors (Lipinski definition) is 2. The first-order valence-electron chi connectivity index (χ1n) is 15.2. The summed E-state index contributed by atoms with van der Waals surface area (Å²) in [5.74, 6) is 4.00. The third-order valence-corrected chi connectivity index (χ3v) is 16.6. The quantitative estimate of drug-likeness (QED) is 0.282. The lowest BCUT2D eigenvalue weighted by Gasteiger charge is -2.59. The van der Waals surface area contributed by atoms with E-state index in [1.165, 1.54) is 51.4 Å². The predicted octanol–water partition coefficient (Wildman–Crippen LogP) is 9.31. The van der Waals surface area contributed by atoms with E-state index in [1.54, 1.807) is 5.57 Å². The molecule has 0 aliphatic heterocycles. The van der Waals surface area contributed by atoms with Crippen LogP contribution in [0.2, 0.25) is 18.1 Å². The van der Waals surface area contributed by atoms with Gasteiger partial charge in [-0.2, -0.15) is 0 Å². The first-order valence-corrected chi connectivity index (χ1v) is 18.2. The minimum Gasteiger partial charge on any atom is -0.414 e. The average Bonchev–Trinajstić information content (AvgIpc) is 3.09. The van der Waals surface area contributed by atoms with Crippen molar-refractivity contribution in [3.63, 3.8) is 0 Å². The van der Waals surface area contributed by atoms with Crippen LogP contribution in [0.3, 0.4) is 0 Å². The van der Waals surface area contributed by atoms with Gasteiger partial charge in [-0.1, -0.05) is 65.3 Å². The van der Waals surface area contributed by atoms with Gasteiger partial charge in [0, 0.05) is 6.10 Å². The molecule has 0 saturated heterocycles. The molecule has 0 spiro atoms. The highest BCUT2D eigenvalue weighted by Crippen LogP contribution is 2.67. The van der Waals surface area contributed by atoms with Gasteiger partial charge >= 0.3 is 0 Å². The van der Waals surface area contributed by atoms with Crippen LogP contribution in [0.1, 0.15) is 113 Å². The van der Waals surface area contributed by atoms with Gasteiger partial charge in [-0.3, -0.25) is 0 Å². The zero-order valence-corrected chi connectivity index (χ0v) is 26.4. The molecular weight excluding hydrogens is 456 g/mol. The predicted molar refractivity (Wildman–Crippen MR) is 156 cm³/mol. The molecule has 8 atom stereocenters. The zero-order chi connectivity index (χ0) is 26.7. The standard InChI is InChI=1S/C33H58O2Si/c1-23(12-11-19-31(5,6)34)27-15-16-28-26-14-13-24-22-25(35-36(9,10)30(2,3)4)17-20-32(24,7)29(26)18-21-33(27,28)8/h11-13,23,25-29,34H,14-22H2,1-10H3/b12-11+/t23-,25?,26+,27-,28+,29+,32+,33-/m1/s1. The molecule has 4 aliphatic carbocycles. The van der Waals surface area contributed by atoms with Crippen LogP contribution in [-0.2, 0) is 4.43 Å². The second kappa shape index (κ2) is 9.67. The Bertz CT molecular complexity index is 858. The van der Waals surface area contributed by atoms with Crippen molar-refractivity contribution in [2.45, 2.75) is 143 Å². The third kappa shape index (κ3) is 5.24. The molecule has 3 saturated carbocycles. The van der Waals surface area contributed by atoms with E-state index < -0.39 is 13.9 Å². The number of fused-ring (bicyclic) bond motifs is 5. The maximum Gasteiger partial charge on any atom is 0.192 e. The number of rotatable bonds is 6. The van der Waals surface area contributed by atoms with Crippen molar-refractivity contribution in [2.75, 3.05) is 0 Å². The number of aliphatic hydroxyl groups is 1. The fraction of sp³-hybridized carbons (Fsp3) is 0.879. The van der Waals surface area contributed by atoms with Gasteiger partial charge < -0.3 is 9.53 Å². The lowest BCUT2D eigenvalue weighted by molar-refractivity contribution is -0.0532. The Hall–Kier alpha value is -0.383. The summed E-state index contributed by atoms with van der Waals surface area (Å²) in [4.78, 5) is 0. The van der Waals surface area contributed by atoms with E-state index in [4.69, 9.17) is 4.43 Å². The Labute approximate surface area is 224 Å². The van der Waals surface area contributed by atoms with Gasteiger partial charge in [-0.25, -0.2) is 0 Å². The largest absolute Gasteiger partial charge is 0.414 e. The summed E-state index contributed by atoms with van der Waals surface area (Å²) in [7, 11) is -1.72. The minimum atomic E-state index is -1.72. The van der Waals surface area contributed by atoms with Crippen molar-refractivity contribution >= 4 is 8.32 Å². The molecule has 1 N–H and O–H groups in total. The summed E-state index contributed by atoms with van der Waals surface area (Å²) < 4.78 is 6.93. The minimum absolute atomic E-state index is 0.285. The number of allylic oxidation sites excluding steroid dienone is 2. The summed E-state index contributed by atoms with van der Waals surface area (Å²) in [6, 6.07) is 0. The van der Waals surface area contributed by atoms with E-state index >= 15 is 0 Å². The molecule has 206 valence electrons. The highest BCUT2D eigenvalue weighted by molar-refractivity contribution is 6.74. The SMILES string of the molecule is C[C@H](/C=C/CC(C)(C)O)[C@H]1CC[C@H]2[C@@H]3CC=C4CC(O[Si](C)(C)C(C)(C)C)CC[C@]4(C)[C@H]3CC[C@]12C. The second-order valence-corrected chi connectivity index (χ2v) is 20.8. The monoisotopic (exact) mass is 514 g/mol. The van der Waals surface area contributed by atoms with Gasteiger partial charge in [0.1, 0.15) is 0 Å². The first kappa shape index (κ1) is 28.6. The molecule has 4 rings (SSSR count). The normalized spacial score (nSPS) is 40.4. The van der Waals surface area contributed by atoms with Crippen molar-refractivity contribution in [1.29, 1.82) is 0 Å². The number of hydrogen-bond donors (Lipinski definition) is 1. The first-order chi connectivity index (χ1) is 16.5. The Kier molecular flexibility index (Phi) is 7.68. The van der Waals surface area contributed by atoms with Crippen LogP contribution < -0.4 is 0 Å². The van der Waals surface area contributed by atoms with Gasteiger partial charge in [0.25, 0.3) is 0 Å². The molecule has 0 bridgehead atoms. The molecule has 0 radical (unpaired) electrons. The van der Waals surface area contributed by atoms with E-state index in [9.17, 15) is 5.11 Å². The maximum atomic E-state index is 10.1. The summed E-state index contributed by atoms with van der Waals surface area (Å²) >= 11 is 0. The smallest absolute Gasteiger partial charge is 0.192 e. The summed E-state index contributed by atoms with van der Waals surface area (Å²) in [5.41, 5.74) is 2.02. The molecule has 0 aromatic heterocycles. The van der Waals surface area contributed by atoms with Crippen molar-refractivity contribution in [2.24, 2.45) is 40.4 Å². The van der Waals surface area contributed by atoms with Crippen molar-refractivity contribution in [3.8, 4) is 0 Å². The molecule has 0 aromatic carbocycles. The molecule has 0 aromatic rings. The molecule has 2 nitrogen and oxygen atoms in total. The van der Waals surface area contributed by atoms with Crippen LogP contribution >= 0.6 is 0 Å². The van der Waals surface area contributed by atoms with Gasteiger partial charge in [-0.05, 0) is 130 Å². The van der Waals surface area contributed by atoms with Crippen LogP contribution in [-0.4, -0.2) is 25.1 Å². The van der Waals surface area contributed by atoms with Gasteiger partial charge in [0.2, 0.25) is 0 Å². The molecule has 36 heavy (non-hydrogen) atoms. The van der Waals surface area contributed by atoms with E-state index in [0.29, 0.717) is 22.9 Å². The zero-order valence-electron chi connectivity index (χ0n) is 25.4. The molecule has 3 fully saturated rings. The molecule has 0 amide bonds. The van der Waals surface area contributed by atoms with Crippen LogP contribution in [0.25, 0.3) is 0 Å². The average molecular weight is 515 g/mol. The second-order valence-electron chi connectivity index (χ2n) is 16.0. The highest BCUT2D eigenvalue weighted by Gasteiger charge is 2.59. The van der Waals surface area contributed by atoms with Gasteiger partial charge in [0.05, 0.1) is 5.60 Å². The Balaban J connectivity index is 1.47. The van der Waals surface area contributed by atoms with E-state index in [2.05, 4.69) is 72.9 Å². The van der Waals surface area contributed by atoms with Crippen molar-refractivity contribution in [1.82, 2.24) is 0 Å². The van der Waals surface area contributed by atoms with Crippen LogP contribution in [0.4, 0.5) is 0 Å². The van der Waals surface area contributed by atoms with Crippen LogP contribution in [0.15, 0.2) is 23.8 Å². The van der Waals surface area contributed by atoms with Crippen LogP contribution in [0, 0.1) is 40.4 Å². The fourth-order valence-electron chi connectivity index (χ4n) is 8.93.